The normalized spacial score (nSPS) is 11.2. The van der Waals surface area contributed by atoms with Crippen molar-refractivity contribution in [3.05, 3.63) is 57.4 Å². The lowest BCUT2D eigenvalue weighted by Gasteiger charge is -2.07. The average Bonchev–Trinajstić information content (AvgIpc) is 2.86. The molecule has 0 spiro atoms. The number of hydrogen-bond acceptors (Lipinski definition) is 3. The first-order chi connectivity index (χ1) is 9.61. The molecule has 2 aromatic heterocycles. The van der Waals surface area contributed by atoms with Gasteiger partial charge in [0.2, 0.25) is 5.65 Å². The summed E-state index contributed by atoms with van der Waals surface area (Å²) in [5, 5.41) is 8.61. The fraction of sp³-hybridized carbons (Fsp3) is 0.214. The van der Waals surface area contributed by atoms with Crippen LogP contribution in [0.25, 0.3) is 11.3 Å². The predicted molar refractivity (Wildman–Crippen MR) is 77.7 cm³/mol. The van der Waals surface area contributed by atoms with Crippen molar-refractivity contribution in [2.45, 2.75) is 20.3 Å². The molecule has 0 bridgehead atoms. The SMILES string of the molecule is CCc1nnc2c(=O)n(-c3ccc(C)c(Cl)c3)ccn12. The first kappa shape index (κ1) is 12.9. The molecule has 0 unspecified atom stereocenters. The van der Waals surface area contributed by atoms with Crippen LogP contribution in [-0.4, -0.2) is 19.2 Å². The number of aryl methyl sites for hydroxylation is 2. The van der Waals surface area contributed by atoms with Crippen LogP contribution in [0.4, 0.5) is 0 Å². The maximum Gasteiger partial charge on any atom is 0.300 e. The van der Waals surface area contributed by atoms with E-state index in [1.54, 1.807) is 22.9 Å². The van der Waals surface area contributed by atoms with Gasteiger partial charge in [-0.1, -0.05) is 24.6 Å². The molecule has 0 aliphatic heterocycles. The smallest absolute Gasteiger partial charge is 0.280 e. The van der Waals surface area contributed by atoms with E-state index in [4.69, 9.17) is 11.6 Å². The summed E-state index contributed by atoms with van der Waals surface area (Å²) in [6.07, 6.45) is 4.23. The quantitative estimate of drug-likeness (QED) is 0.727. The second-order valence-corrected chi connectivity index (χ2v) is 4.98. The number of nitrogens with zero attached hydrogens (tertiary/aromatic N) is 4. The van der Waals surface area contributed by atoms with E-state index >= 15 is 0 Å². The van der Waals surface area contributed by atoms with Crippen LogP contribution in [0.5, 0.6) is 0 Å². The molecule has 5 nitrogen and oxygen atoms in total. The summed E-state index contributed by atoms with van der Waals surface area (Å²) in [7, 11) is 0. The van der Waals surface area contributed by atoms with E-state index in [1.807, 2.05) is 26.0 Å². The maximum absolute atomic E-state index is 12.5. The number of benzene rings is 1. The molecule has 0 N–H and O–H groups in total. The van der Waals surface area contributed by atoms with Crippen LogP contribution in [0.2, 0.25) is 5.02 Å². The molecule has 2 heterocycles. The highest BCUT2D eigenvalue weighted by Crippen LogP contribution is 2.18. The molecule has 20 heavy (non-hydrogen) atoms. The van der Waals surface area contributed by atoms with Crippen molar-refractivity contribution in [2.24, 2.45) is 0 Å². The molecular weight excluding hydrogens is 276 g/mol. The van der Waals surface area contributed by atoms with Crippen LogP contribution in [0, 0.1) is 6.92 Å². The van der Waals surface area contributed by atoms with Crippen molar-refractivity contribution in [3.63, 3.8) is 0 Å². The van der Waals surface area contributed by atoms with Gasteiger partial charge in [-0.15, -0.1) is 10.2 Å². The number of rotatable bonds is 2. The van der Waals surface area contributed by atoms with E-state index < -0.39 is 0 Å². The van der Waals surface area contributed by atoms with Crippen molar-refractivity contribution in [1.29, 1.82) is 0 Å². The molecule has 0 saturated heterocycles. The molecule has 0 saturated carbocycles. The van der Waals surface area contributed by atoms with E-state index in [2.05, 4.69) is 10.2 Å². The molecule has 3 aromatic rings. The highest BCUT2D eigenvalue weighted by Gasteiger charge is 2.10. The standard InChI is InChI=1S/C14H13ClN4O/c1-3-12-16-17-13-14(20)18(6-7-19(12)13)10-5-4-9(2)11(15)8-10/h4-8H,3H2,1-2H3. The summed E-state index contributed by atoms with van der Waals surface area (Å²) < 4.78 is 3.24. The Morgan fingerprint density at radius 2 is 2.05 bits per heavy atom. The Morgan fingerprint density at radius 3 is 2.75 bits per heavy atom. The third-order valence-corrected chi connectivity index (χ3v) is 3.70. The number of aromatic nitrogens is 4. The Bertz CT molecular complexity index is 850. The monoisotopic (exact) mass is 288 g/mol. The van der Waals surface area contributed by atoms with E-state index in [0.29, 0.717) is 16.4 Å². The zero-order valence-corrected chi connectivity index (χ0v) is 11.9. The highest BCUT2D eigenvalue weighted by atomic mass is 35.5. The van der Waals surface area contributed by atoms with E-state index in [9.17, 15) is 4.79 Å². The Hall–Kier alpha value is -2.14. The Labute approximate surface area is 120 Å². The van der Waals surface area contributed by atoms with Crippen molar-refractivity contribution in [1.82, 2.24) is 19.2 Å². The van der Waals surface area contributed by atoms with Gasteiger partial charge in [-0.3, -0.25) is 13.8 Å². The molecule has 6 heteroatoms. The fourth-order valence-electron chi connectivity index (χ4n) is 2.11. The largest absolute Gasteiger partial charge is 0.300 e. The van der Waals surface area contributed by atoms with Crippen molar-refractivity contribution in [3.8, 4) is 5.69 Å². The van der Waals surface area contributed by atoms with Crippen LogP contribution in [0.15, 0.2) is 35.4 Å². The first-order valence-corrected chi connectivity index (χ1v) is 6.71. The van der Waals surface area contributed by atoms with Crippen molar-refractivity contribution >= 4 is 17.2 Å². The maximum atomic E-state index is 12.5. The molecule has 102 valence electrons. The molecule has 0 amide bonds. The number of hydrogen-bond donors (Lipinski definition) is 0. The third kappa shape index (κ3) is 1.91. The second kappa shape index (κ2) is 4.76. The van der Waals surface area contributed by atoms with Gasteiger partial charge in [-0.2, -0.15) is 0 Å². The van der Waals surface area contributed by atoms with E-state index in [0.717, 1.165) is 17.8 Å². The van der Waals surface area contributed by atoms with Gasteiger partial charge in [-0.05, 0) is 24.6 Å². The van der Waals surface area contributed by atoms with Gasteiger partial charge in [0.15, 0.2) is 0 Å². The van der Waals surface area contributed by atoms with Crippen LogP contribution >= 0.6 is 11.6 Å². The summed E-state index contributed by atoms with van der Waals surface area (Å²) in [5.41, 5.74) is 1.80. The van der Waals surface area contributed by atoms with E-state index in [-0.39, 0.29) is 5.56 Å². The highest BCUT2D eigenvalue weighted by molar-refractivity contribution is 6.31. The fourth-order valence-corrected chi connectivity index (χ4v) is 2.29. The zero-order chi connectivity index (χ0) is 14.3. The lowest BCUT2D eigenvalue weighted by molar-refractivity contribution is 0.890. The Morgan fingerprint density at radius 1 is 1.25 bits per heavy atom. The Kier molecular flexibility index (Phi) is 3.06. The molecule has 0 atom stereocenters. The molecule has 0 aliphatic carbocycles. The van der Waals surface area contributed by atoms with Gasteiger partial charge < -0.3 is 0 Å². The minimum atomic E-state index is -0.209. The van der Waals surface area contributed by atoms with Gasteiger partial charge in [0.1, 0.15) is 5.82 Å². The molecule has 0 radical (unpaired) electrons. The van der Waals surface area contributed by atoms with Gasteiger partial charge in [0, 0.05) is 23.8 Å². The topological polar surface area (TPSA) is 52.2 Å². The van der Waals surface area contributed by atoms with Crippen LogP contribution in [-0.2, 0) is 6.42 Å². The summed E-state index contributed by atoms with van der Waals surface area (Å²) >= 11 is 6.11. The zero-order valence-electron chi connectivity index (χ0n) is 11.2. The average molecular weight is 289 g/mol. The Balaban J connectivity index is 2.24. The molecular formula is C14H13ClN4O. The summed E-state index contributed by atoms with van der Waals surface area (Å²) in [4.78, 5) is 12.5. The summed E-state index contributed by atoms with van der Waals surface area (Å²) in [6.45, 7) is 3.89. The molecule has 0 fully saturated rings. The number of fused-ring (bicyclic) bond motifs is 1. The van der Waals surface area contributed by atoms with Crippen molar-refractivity contribution in [2.75, 3.05) is 0 Å². The number of halogens is 1. The lowest BCUT2D eigenvalue weighted by Crippen LogP contribution is -2.20. The minimum Gasteiger partial charge on any atom is -0.280 e. The first-order valence-electron chi connectivity index (χ1n) is 6.33. The van der Waals surface area contributed by atoms with Crippen LogP contribution < -0.4 is 5.56 Å². The molecule has 0 aliphatic rings. The third-order valence-electron chi connectivity index (χ3n) is 3.29. The van der Waals surface area contributed by atoms with Gasteiger partial charge >= 0.3 is 5.56 Å². The van der Waals surface area contributed by atoms with Crippen molar-refractivity contribution < 1.29 is 0 Å². The van der Waals surface area contributed by atoms with Crippen LogP contribution in [0.3, 0.4) is 0 Å². The van der Waals surface area contributed by atoms with Crippen LogP contribution in [0.1, 0.15) is 18.3 Å². The second-order valence-electron chi connectivity index (χ2n) is 4.57. The minimum absolute atomic E-state index is 0.209. The van der Waals surface area contributed by atoms with Gasteiger partial charge in [-0.25, -0.2) is 0 Å². The predicted octanol–water partition coefficient (Wildman–Crippen LogP) is 2.40. The molecule has 1 aromatic carbocycles. The van der Waals surface area contributed by atoms with Gasteiger partial charge in [0.05, 0.1) is 5.69 Å². The van der Waals surface area contributed by atoms with Gasteiger partial charge in [0.25, 0.3) is 0 Å². The van der Waals surface area contributed by atoms with E-state index in [1.165, 1.54) is 4.57 Å². The molecule has 3 rings (SSSR count). The summed E-state index contributed by atoms with van der Waals surface area (Å²) in [6, 6.07) is 5.51. The summed E-state index contributed by atoms with van der Waals surface area (Å²) in [5.74, 6) is 0.770. The lowest BCUT2D eigenvalue weighted by atomic mass is 10.2.